The van der Waals surface area contributed by atoms with E-state index in [1.54, 1.807) is 35.9 Å². The van der Waals surface area contributed by atoms with Gasteiger partial charge < -0.3 is 19.5 Å². The largest absolute Gasteiger partial charge is 0.462 e. The SMILES string of the molecule is O=C(NCCNC(=O)c1ccco1)c1csc(-c2ccco2)n1. The zero-order valence-electron chi connectivity index (χ0n) is 11.9. The number of carbonyl (C=O) groups excluding carboxylic acids is 2. The molecule has 0 atom stereocenters. The van der Waals surface area contributed by atoms with Gasteiger partial charge in [0.05, 0.1) is 12.5 Å². The highest BCUT2D eigenvalue weighted by molar-refractivity contribution is 7.13. The van der Waals surface area contributed by atoms with Crippen LogP contribution in [0.15, 0.2) is 51.0 Å². The van der Waals surface area contributed by atoms with Gasteiger partial charge in [0.25, 0.3) is 11.8 Å². The van der Waals surface area contributed by atoms with Crippen molar-refractivity contribution in [3.63, 3.8) is 0 Å². The molecule has 0 aliphatic carbocycles. The van der Waals surface area contributed by atoms with Crippen LogP contribution >= 0.6 is 11.3 Å². The van der Waals surface area contributed by atoms with Crippen LogP contribution in [0.2, 0.25) is 0 Å². The van der Waals surface area contributed by atoms with Crippen molar-refractivity contribution in [3.05, 3.63) is 53.6 Å². The van der Waals surface area contributed by atoms with Crippen LogP contribution in [0, 0.1) is 0 Å². The van der Waals surface area contributed by atoms with Gasteiger partial charge in [0.1, 0.15) is 5.69 Å². The number of carbonyl (C=O) groups is 2. The Morgan fingerprint density at radius 1 is 1.04 bits per heavy atom. The van der Waals surface area contributed by atoms with Crippen LogP contribution in [-0.4, -0.2) is 29.9 Å². The Morgan fingerprint density at radius 3 is 2.48 bits per heavy atom. The Bertz CT molecular complexity index is 778. The molecular formula is C15H13N3O4S. The molecule has 0 aliphatic rings. The van der Waals surface area contributed by atoms with Crippen LogP contribution in [0.3, 0.4) is 0 Å². The van der Waals surface area contributed by atoms with E-state index >= 15 is 0 Å². The molecule has 2 amide bonds. The van der Waals surface area contributed by atoms with Crippen molar-refractivity contribution in [2.45, 2.75) is 0 Å². The fourth-order valence-corrected chi connectivity index (χ4v) is 2.60. The lowest BCUT2D eigenvalue weighted by atomic mass is 10.4. The quantitative estimate of drug-likeness (QED) is 0.675. The first kappa shape index (κ1) is 15.0. The zero-order chi connectivity index (χ0) is 16.1. The van der Waals surface area contributed by atoms with Gasteiger partial charge >= 0.3 is 0 Å². The minimum Gasteiger partial charge on any atom is -0.462 e. The van der Waals surface area contributed by atoms with Crippen molar-refractivity contribution < 1.29 is 18.4 Å². The number of aromatic nitrogens is 1. The Morgan fingerprint density at radius 2 is 1.78 bits per heavy atom. The molecule has 7 nitrogen and oxygen atoms in total. The molecule has 3 heterocycles. The lowest BCUT2D eigenvalue weighted by molar-refractivity contribution is 0.0909. The maximum Gasteiger partial charge on any atom is 0.287 e. The minimum atomic E-state index is -0.321. The molecule has 8 heteroatoms. The second-order valence-electron chi connectivity index (χ2n) is 4.50. The lowest BCUT2D eigenvalue weighted by Crippen LogP contribution is -2.34. The molecule has 2 N–H and O–H groups in total. The number of furan rings is 2. The number of amides is 2. The van der Waals surface area contributed by atoms with Crippen LogP contribution in [0.5, 0.6) is 0 Å². The summed E-state index contributed by atoms with van der Waals surface area (Å²) in [5, 5.41) is 7.63. The number of thiazole rings is 1. The molecule has 3 aromatic rings. The summed E-state index contributed by atoms with van der Waals surface area (Å²) >= 11 is 1.33. The molecule has 118 valence electrons. The summed E-state index contributed by atoms with van der Waals surface area (Å²) in [4.78, 5) is 27.8. The smallest absolute Gasteiger partial charge is 0.287 e. The van der Waals surface area contributed by atoms with Gasteiger partial charge in [-0.2, -0.15) is 0 Å². The number of hydrogen-bond donors (Lipinski definition) is 2. The number of hydrogen-bond acceptors (Lipinski definition) is 6. The third-order valence-corrected chi connectivity index (χ3v) is 3.77. The maximum atomic E-state index is 12.0. The van der Waals surface area contributed by atoms with Crippen molar-refractivity contribution in [2.75, 3.05) is 13.1 Å². The van der Waals surface area contributed by atoms with Crippen molar-refractivity contribution in [1.82, 2.24) is 15.6 Å². The molecule has 0 aromatic carbocycles. The first-order valence-electron chi connectivity index (χ1n) is 6.83. The molecule has 3 aromatic heterocycles. The third kappa shape index (κ3) is 3.67. The fraction of sp³-hybridized carbons (Fsp3) is 0.133. The summed E-state index contributed by atoms with van der Waals surface area (Å²) < 4.78 is 10.2. The van der Waals surface area contributed by atoms with Crippen LogP contribution < -0.4 is 10.6 Å². The molecule has 0 saturated heterocycles. The molecule has 0 bridgehead atoms. The predicted octanol–water partition coefficient (Wildman–Crippen LogP) is 2.16. The number of nitrogens with zero attached hydrogens (tertiary/aromatic N) is 1. The van der Waals surface area contributed by atoms with E-state index in [-0.39, 0.29) is 17.6 Å². The monoisotopic (exact) mass is 331 g/mol. The average Bonchev–Trinajstić information content (AvgIpc) is 3.32. The molecular weight excluding hydrogens is 318 g/mol. The molecule has 0 radical (unpaired) electrons. The second kappa shape index (κ2) is 6.93. The van der Waals surface area contributed by atoms with E-state index in [0.717, 1.165) is 0 Å². The van der Waals surface area contributed by atoms with Gasteiger partial charge in [-0.05, 0) is 24.3 Å². The molecule has 0 spiro atoms. The highest BCUT2D eigenvalue weighted by Gasteiger charge is 2.13. The summed E-state index contributed by atoms with van der Waals surface area (Å²) in [6, 6.07) is 6.75. The van der Waals surface area contributed by atoms with Crippen LogP contribution in [0.1, 0.15) is 21.0 Å². The van der Waals surface area contributed by atoms with Crippen molar-refractivity contribution in [3.8, 4) is 10.8 Å². The van der Waals surface area contributed by atoms with E-state index in [1.165, 1.54) is 17.6 Å². The van der Waals surface area contributed by atoms with Gasteiger partial charge in [-0.15, -0.1) is 11.3 Å². The summed E-state index contributed by atoms with van der Waals surface area (Å²) in [6.07, 6.45) is 2.98. The number of rotatable bonds is 6. The fourth-order valence-electron chi connectivity index (χ4n) is 1.83. The summed E-state index contributed by atoms with van der Waals surface area (Å²) in [5.74, 6) is 0.239. The zero-order valence-corrected chi connectivity index (χ0v) is 12.8. The van der Waals surface area contributed by atoms with E-state index in [1.807, 2.05) is 0 Å². The summed E-state index contributed by atoms with van der Waals surface area (Å²) in [7, 11) is 0. The average molecular weight is 331 g/mol. The minimum absolute atomic E-state index is 0.235. The van der Waals surface area contributed by atoms with E-state index < -0.39 is 0 Å². The van der Waals surface area contributed by atoms with Crippen LogP contribution in [0.4, 0.5) is 0 Å². The van der Waals surface area contributed by atoms with E-state index in [0.29, 0.717) is 29.6 Å². The normalized spacial score (nSPS) is 10.4. The first-order chi connectivity index (χ1) is 11.2. The molecule has 23 heavy (non-hydrogen) atoms. The molecule has 0 aliphatic heterocycles. The Kier molecular flexibility index (Phi) is 4.53. The Hall–Kier alpha value is -2.87. The van der Waals surface area contributed by atoms with Gasteiger partial charge in [-0.25, -0.2) is 4.98 Å². The van der Waals surface area contributed by atoms with E-state index in [9.17, 15) is 9.59 Å². The van der Waals surface area contributed by atoms with Gasteiger partial charge in [-0.1, -0.05) is 0 Å². The van der Waals surface area contributed by atoms with Crippen molar-refractivity contribution >= 4 is 23.2 Å². The standard InChI is InChI=1S/C15H13N3O4S/c19-13(10-9-23-15(18-10)12-4-2-8-22-12)16-5-6-17-14(20)11-3-1-7-21-11/h1-4,7-9H,5-6H2,(H,16,19)(H,17,20). The predicted molar refractivity (Wildman–Crippen MR) is 83.2 cm³/mol. The van der Waals surface area contributed by atoms with Gasteiger partial charge in [0.15, 0.2) is 16.5 Å². The van der Waals surface area contributed by atoms with Gasteiger partial charge in [0.2, 0.25) is 0 Å². The topological polar surface area (TPSA) is 97.4 Å². The van der Waals surface area contributed by atoms with Crippen LogP contribution in [-0.2, 0) is 0 Å². The van der Waals surface area contributed by atoms with Gasteiger partial charge in [0, 0.05) is 18.5 Å². The van der Waals surface area contributed by atoms with Gasteiger partial charge in [-0.3, -0.25) is 9.59 Å². The molecule has 3 rings (SSSR count). The summed E-state index contributed by atoms with van der Waals surface area (Å²) in [5.41, 5.74) is 0.318. The highest BCUT2D eigenvalue weighted by Crippen LogP contribution is 2.23. The maximum absolute atomic E-state index is 12.0. The molecule has 0 fully saturated rings. The third-order valence-electron chi connectivity index (χ3n) is 2.91. The first-order valence-corrected chi connectivity index (χ1v) is 7.71. The molecule has 0 unspecified atom stereocenters. The van der Waals surface area contributed by atoms with Crippen molar-refractivity contribution in [2.24, 2.45) is 0 Å². The van der Waals surface area contributed by atoms with Crippen molar-refractivity contribution in [1.29, 1.82) is 0 Å². The Labute approximate surface area is 135 Å². The van der Waals surface area contributed by atoms with E-state index in [2.05, 4.69) is 15.6 Å². The lowest BCUT2D eigenvalue weighted by Gasteiger charge is -2.04. The molecule has 0 saturated carbocycles. The van der Waals surface area contributed by atoms with Crippen LogP contribution in [0.25, 0.3) is 10.8 Å². The van der Waals surface area contributed by atoms with E-state index in [4.69, 9.17) is 8.83 Å². The summed E-state index contributed by atoms with van der Waals surface area (Å²) in [6.45, 7) is 0.583. The number of nitrogens with one attached hydrogen (secondary N) is 2. The second-order valence-corrected chi connectivity index (χ2v) is 5.36. The highest BCUT2D eigenvalue weighted by atomic mass is 32.1. The Balaban J connectivity index is 1.45.